The van der Waals surface area contributed by atoms with Crippen LogP contribution in [-0.4, -0.2) is 53.7 Å². The molecule has 2 aromatic rings. The number of carbonyl (C=O) groups is 1. The molecule has 2 fully saturated rings. The number of nitriles is 1. The minimum Gasteiger partial charge on any atom is -0.396 e. The summed E-state index contributed by atoms with van der Waals surface area (Å²) >= 11 is 0. The summed E-state index contributed by atoms with van der Waals surface area (Å²) in [5.41, 5.74) is -1.14. The summed E-state index contributed by atoms with van der Waals surface area (Å²) in [7, 11) is 0. The molecule has 3 heterocycles. The van der Waals surface area contributed by atoms with Crippen LogP contribution in [0.3, 0.4) is 0 Å². The number of fused-ring (bicyclic) bond motifs is 1. The van der Waals surface area contributed by atoms with Gasteiger partial charge in [0.15, 0.2) is 0 Å². The molecule has 1 aromatic heterocycles. The first-order valence-corrected chi connectivity index (χ1v) is 9.95. The molecule has 0 spiro atoms. The molecule has 6 nitrogen and oxygen atoms in total. The number of alkyl halides is 3. The van der Waals surface area contributed by atoms with Crippen molar-refractivity contribution in [3.63, 3.8) is 0 Å². The first-order chi connectivity index (χ1) is 14.8. The van der Waals surface area contributed by atoms with Crippen LogP contribution < -0.4 is 4.90 Å². The van der Waals surface area contributed by atoms with Gasteiger partial charge >= 0.3 is 6.18 Å². The van der Waals surface area contributed by atoms with Crippen molar-refractivity contribution in [2.75, 3.05) is 37.7 Å². The Morgan fingerprint density at radius 1 is 1.29 bits per heavy atom. The van der Waals surface area contributed by atoms with E-state index in [9.17, 15) is 23.1 Å². The Morgan fingerprint density at radius 3 is 2.74 bits per heavy atom. The lowest BCUT2D eigenvalue weighted by molar-refractivity contribution is -0.137. The molecule has 1 N–H and O–H groups in total. The van der Waals surface area contributed by atoms with Crippen molar-refractivity contribution in [2.24, 2.45) is 11.3 Å². The molecule has 2 aliphatic heterocycles. The van der Waals surface area contributed by atoms with Crippen molar-refractivity contribution in [2.45, 2.75) is 12.6 Å². The third kappa shape index (κ3) is 3.83. The molecule has 0 radical (unpaired) electrons. The van der Waals surface area contributed by atoms with E-state index in [4.69, 9.17) is 5.26 Å². The van der Waals surface area contributed by atoms with E-state index in [2.05, 4.69) is 4.98 Å². The van der Waals surface area contributed by atoms with Gasteiger partial charge in [0.2, 0.25) is 0 Å². The second-order valence-electron chi connectivity index (χ2n) is 8.15. The number of piperidine rings is 1. The van der Waals surface area contributed by atoms with Crippen LogP contribution in [0.2, 0.25) is 0 Å². The van der Waals surface area contributed by atoms with E-state index in [-0.39, 0.29) is 18.4 Å². The monoisotopic (exact) mass is 430 g/mol. The Morgan fingerprint density at radius 2 is 2.10 bits per heavy atom. The standard InChI is InChI=1S/C22H21F3N4O2/c23-22(24,25)18-9-17(5-4-15(18)10-26)28-8-6-21(14-30)13-29(12-16(21)11-28)20(31)19-3-1-2-7-27-19/h1-5,7,9,16,30H,6,8,11-14H2/t16-,21+/m1/s1. The molecule has 0 bridgehead atoms. The number of amides is 1. The summed E-state index contributed by atoms with van der Waals surface area (Å²) in [6.07, 6.45) is -2.53. The molecule has 162 valence electrons. The van der Waals surface area contributed by atoms with Crippen LogP contribution in [0.4, 0.5) is 18.9 Å². The summed E-state index contributed by atoms with van der Waals surface area (Å²) in [5, 5.41) is 19.2. The SMILES string of the molecule is N#Cc1ccc(N2CC[C@@]3(CO)CN(C(=O)c4ccccn4)C[C@H]3C2)cc1C(F)(F)F. The van der Waals surface area contributed by atoms with Crippen LogP contribution in [0.25, 0.3) is 0 Å². The molecule has 9 heteroatoms. The van der Waals surface area contributed by atoms with Gasteiger partial charge in [-0.25, -0.2) is 0 Å². The van der Waals surface area contributed by atoms with E-state index in [0.717, 1.165) is 6.07 Å². The minimum absolute atomic E-state index is 0.0936. The highest BCUT2D eigenvalue weighted by atomic mass is 19.4. The van der Waals surface area contributed by atoms with Crippen LogP contribution in [0, 0.1) is 22.7 Å². The number of hydrogen-bond donors (Lipinski definition) is 1. The lowest BCUT2D eigenvalue weighted by Gasteiger charge is -2.43. The van der Waals surface area contributed by atoms with Crippen molar-refractivity contribution < 1.29 is 23.1 Å². The van der Waals surface area contributed by atoms with Gasteiger partial charge in [-0.1, -0.05) is 6.07 Å². The first kappa shape index (κ1) is 21.1. The number of benzene rings is 1. The Balaban J connectivity index is 1.57. The largest absolute Gasteiger partial charge is 0.417 e. The number of aliphatic hydroxyl groups is 1. The molecule has 1 aromatic carbocycles. The number of anilines is 1. The average molecular weight is 430 g/mol. The van der Waals surface area contributed by atoms with Crippen LogP contribution in [-0.2, 0) is 6.18 Å². The molecular formula is C22H21F3N4O2. The van der Waals surface area contributed by atoms with E-state index in [1.165, 1.54) is 12.1 Å². The number of pyridine rings is 1. The maximum Gasteiger partial charge on any atom is 0.417 e. The predicted molar refractivity (Wildman–Crippen MR) is 106 cm³/mol. The fourth-order valence-electron chi connectivity index (χ4n) is 4.64. The zero-order chi connectivity index (χ0) is 22.2. The number of carbonyl (C=O) groups excluding carboxylic acids is 1. The number of rotatable bonds is 3. The minimum atomic E-state index is -4.62. The molecular weight excluding hydrogens is 409 g/mol. The van der Waals surface area contributed by atoms with Crippen molar-refractivity contribution in [1.29, 1.82) is 5.26 Å². The summed E-state index contributed by atoms with van der Waals surface area (Å²) in [4.78, 5) is 20.5. The van der Waals surface area contributed by atoms with E-state index < -0.39 is 22.7 Å². The number of nitrogens with zero attached hydrogens (tertiary/aromatic N) is 4. The normalized spacial score (nSPS) is 23.4. The number of halogens is 3. The second kappa shape index (κ2) is 7.85. The molecule has 2 atom stereocenters. The van der Waals surface area contributed by atoms with Gasteiger partial charge in [0.05, 0.1) is 23.8 Å². The summed E-state index contributed by atoms with van der Waals surface area (Å²) in [6, 6.07) is 10.4. The van der Waals surface area contributed by atoms with Crippen molar-refractivity contribution in [3.05, 3.63) is 59.4 Å². The van der Waals surface area contributed by atoms with Gasteiger partial charge in [-0.2, -0.15) is 18.4 Å². The molecule has 0 aliphatic carbocycles. The fraction of sp³-hybridized carbons (Fsp3) is 0.409. The van der Waals surface area contributed by atoms with Crippen molar-refractivity contribution in [3.8, 4) is 6.07 Å². The number of aliphatic hydroxyl groups excluding tert-OH is 1. The van der Waals surface area contributed by atoms with E-state index >= 15 is 0 Å². The summed E-state index contributed by atoms with van der Waals surface area (Å²) in [6.45, 7) is 1.55. The third-order valence-corrected chi connectivity index (χ3v) is 6.41. The molecule has 2 saturated heterocycles. The number of hydrogen-bond acceptors (Lipinski definition) is 5. The van der Waals surface area contributed by atoms with Gasteiger partial charge in [0.1, 0.15) is 5.69 Å². The van der Waals surface area contributed by atoms with Crippen LogP contribution >= 0.6 is 0 Å². The van der Waals surface area contributed by atoms with Gasteiger partial charge in [0, 0.05) is 49.4 Å². The second-order valence-corrected chi connectivity index (χ2v) is 8.15. The Labute approximate surface area is 177 Å². The smallest absolute Gasteiger partial charge is 0.396 e. The third-order valence-electron chi connectivity index (χ3n) is 6.41. The van der Waals surface area contributed by atoms with Gasteiger partial charge in [-0.3, -0.25) is 9.78 Å². The number of likely N-dealkylation sites (tertiary alicyclic amines) is 1. The molecule has 0 unspecified atom stereocenters. The maximum absolute atomic E-state index is 13.4. The average Bonchev–Trinajstić information content (AvgIpc) is 3.17. The predicted octanol–water partition coefficient (Wildman–Crippen LogP) is 2.93. The van der Waals surface area contributed by atoms with Crippen molar-refractivity contribution >= 4 is 11.6 Å². The lowest BCUT2D eigenvalue weighted by Crippen LogP contribution is -2.49. The Bertz CT molecular complexity index is 1020. The fourth-order valence-corrected chi connectivity index (χ4v) is 4.64. The molecule has 4 rings (SSSR count). The van der Waals surface area contributed by atoms with E-state index in [0.29, 0.717) is 44.0 Å². The highest BCUT2D eigenvalue weighted by Gasteiger charge is 2.50. The Kier molecular flexibility index (Phi) is 5.35. The molecule has 2 aliphatic rings. The van der Waals surface area contributed by atoms with E-state index in [1.54, 1.807) is 35.4 Å². The first-order valence-electron chi connectivity index (χ1n) is 9.95. The zero-order valence-electron chi connectivity index (χ0n) is 16.6. The van der Waals surface area contributed by atoms with Crippen LogP contribution in [0.15, 0.2) is 42.6 Å². The lowest BCUT2D eigenvalue weighted by atomic mass is 9.73. The van der Waals surface area contributed by atoms with Gasteiger partial charge in [-0.15, -0.1) is 0 Å². The van der Waals surface area contributed by atoms with Crippen LogP contribution in [0.1, 0.15) is 28.0 Å². The highest BCUT2D eigenvalue weighted by Crippen LogP contribution is 2.44. The van der Waals surface area contributed by atoms with Gasteiger partial charge in [0.25, 0.3) is 5.91 Å². The Hall–Kier alpha value is -3.12. The molecule has 31 heavy (non-hydrogen) atoms. The summed E-state index contributed by atoms with van der Waals surface area (Å²) in [5.74, 6) is -0.309. The van der Waals surface area contributed by atoms with E-state index in [1.807, 2.05) is 4.90 Å². The van der Waals surface area contributed by atoms with Gasteiger partial charge in [-0.05, 0) is 36.8 Å². The van der Waals surface area contributed by atoms with Crippen LogP contribution in [0.5, 0.6) is 0 Å². The molecule has 0 saturated carbocycles. The van der Waals surface area contributed by atoms with Crippen molar-refractivity contribution in [1.82, 2.24) is 9.88 Å². The topological polar surface area (TPSA) is 80.5 Å². The zero-order valence-corrected chi connectivity index (χ0v) is 16.6. The quantitative estimate of drug-likeness (QED) is 0.810. The summed E-state index contributed by atoms with van der Waals surface area (Å²) < 4.78 is 40.1. The highest BCUT2D eigenvalue weighted by molar-refractivity contribution is 5.92. The number of aromatic nitrogens is 1. The van der Waals surface area contributed by atoms with Gasteiger partial charge < -0.3 is 14.9 Å². The maximum atomic E-state index is 13.4. The molecule has 1 amide bonds.